The number of rotatable bonds is 2. The van der Waals surface area contributed by atoms with Gasteiger partial charge in [-0.15, -0.1) is 0 Å². The summed E-state index contributed by atoms with van der Waals surface area (Å²) in [4.78, 5) is 18.7. The average molecular weight is 305 g/mol. The fraction of sp³-hybridized carbons (Fsp3) is 0.500. The number of pyridine rings is 1. The Morgan fingerprint density at radius 3 is 2.95 bits per heavy atom. The highest BCUT2D eigenvalue weighted by atomic mass is 16.5. The molecule has 0 amide bonds. The van der Waals surface area contributed by atoms with Crippen molar-refractivity contribution in [3.05, 3.63) is 40.3 Å². The first-order chi connectivity index (χ1) is 10.7. The normalized spacial score (nSPS) is 18.0. The highest BCUT2D eigenvalue weighted by molar-refractivity contribution is 5.53. The van der Waals surface area contributed by atoms with Crippen molar-refractivity contribution >= 4 is 11.5 Å². The number of aliphatic hydroxyl groups is 1. The number of anilines is 1. The van der Waals surface area contributed by atoms with Crippen molar-refractivity contribution < 1.29 is 9.84 Å². The number of ether oxygens (including phenoxy) is 1. The van der Waals surface area contributed by atoms with Gasteiger partial charge in [-0.25, -0.2) is 4.98 Å². The summed E-state index contributed by atoms with van der Waals surface area (Å²) in [5, 5.41) is 9.19. The minimum Gasteiger partial charge on any atom is -0.394 e. The SMILES string of the molecule is CC.Cc1cccn2c(=O)cc(N3CCOC(CO)C3)nc12. The average Bonchev–Trinajstić information content (AvgIpc) is 2.57. The van der Waals surface area contributed by atoms with Crippen LogP contribution in [0.5, 0.6) is 0 Å². The lowest BCUT2D eigenvalue weighted by Crippen LogP contribution is -2.44. The van der Waals surface area contributed by atoms with Gasteiger partial charge in [-0.1, -0.05) is 19.9 Å². The molecule has 6 heteroatoms. The molecule has 1 atom stereocenters. The zero-order chi connectivity index (χ0) is 16.1. The minimum atomic E-state index is -0.221. The van der Waals surface area contributed by atoms with Gasteiger partial charge in [0, 0.05) is 25.4 Å². The molecule has 0 aromatic carbocycles. The quantitative estimate of drug-likeness (QED) is 0.904. The molecule has 0 bridgehead atoms. The number of aliphatic hydroxyl groups excluding tert-OH is 1. The third-order valence-electron chi connectivity index (χ3n) is 3.54. The van der Waals surface area contributed by atoms with Crippen LogP contribution < -0.4 is 10.5 Å². The molecule has 1 N–H and O–H groups in total. The third-order valence-corrected chi connectivity index (χ3v) is 3.54. The molecule has 1 fully saturated rings. The fourth-order valence-electron chi connectivity index (χ4n) is 2.45. The largest absolute Gasteiger partial charge is 0.394 e. The van der Waals surface area contributed by atoms with Gasteiger partial charge in [0.1, 0.15) is 11.5 Å². The molecular weight excluding hydrogens is 282 g/mol. The van der Waals surface area contributed by atoms with Crippen LogP contribution in [0, 0.1) is 6.92 Å². The summed E-state index contributed by atoms with van der Waals surface area (Å²) >= 11 is 0. The Balaban J connectivity index is 0.000000847. The zero-order valence-corrected chi connectivity index (χ0v) is 13.3. The molecule has 1 unspecified atom stereocenters. The highest BCUT2D eigenvalue weighted by Crippen LogP contribution is 2.15. The fourth-order valence-corrected chi connectivity index (χ4v) is 2.45. The van der Waals surface area contributed by atoms with Crippen molar-refractivity contribution in [1.29, 1.82) is 0 Å². The Hall–Kier alpha value is -1.92. The summed E-state index contributed by atoms with van der Waals surface area (Å²) in [7, 11) is 0. The van der Waals surface area contributed by atoms with E-state index < -0.39 is 0 Å². The molecule has 3 heterocycles. The van der Waals surface area contributed by atoms with E-state index in [4.69, 9.17) is 4.74 Å². The van der Waals surface area contributed by atoms with Crippen molar-refractivity contribution in [2.45, 2.75) is 26.9 Å². The van der Waals surface area contributed by atoms with Gasteiger partial charge in [0.05, 0.1) is 19.3 Å². The molecule has 6 nitrogen and oxygen atoms in total. The number of hydrogen-bond acceptors (Lipinski definition) is 5. The van der Waals surface area contributed by atoms with Gasteiger partial charge in [0.2, 0.25) is 0 Å². The molecule has 0 saturated carbocycles. The molecule has 22 heavy (non-hydrogen) atoms. The van der Waals surface area contributed by atoms with Gasteiger partial charge < -0.3 is 14.7 Å². The van der Waals surface area contributed by atoms with Crippen LogP contribution in [0.3, 0.4) is 0 Å². The maximum Gasteiger partial charge on any atom is 0.259 e. The number of aryl methyl sites for hydroxylation is 1. The van der Waals surface area contributed by atoms with E-state index in [2.05, 4.69) is 4.98 Å². The van der Waals surface area contributed by atoms with Crippen molar-refractivity contribution in [3.63, 3.8) is 0 Å². The van der Waals surface area contributed by atoms with Gasteiger partial charge in [-0.05, 0) is 18.6 Å². The van der Waals surface area contributed by atoms with Gasteiger partial charge in [-0.2, -0.15) is 0 Å². The topological polar surface area (TPSA) is 67.1 Å². The third kappa shape index (κ3) is 3.28. The predicted octanol–water partition coefficient (Wildman–Crippen LogP) is 1.23. The van der Waals surface area contributed by atoms with E-state index in [-0.39, 0.29) is 18.3 Å². The molecule has 0 radical (unpaired) electrons. The van der Waals surface area contributed by atoms with Crippen LogP contribution in [0.1, 0.15) is 19.4 Å². The van der Waals surface area contributed by atoms with Gasteiger partial charge in [-0.3, -0.25) is 9.20 Å². The molecule has 2 aromatic rings. The second kappa shape index (κ2) is 7.38. The van der Waals surface area contributed by atoms with E-state index in [0.717, 1.165) is 5.56 Å². The zero-order valence-electron chi connectivity index (χ0n) is 13.3. The standard InChI is InChI=1S/C14H17N3O3.C2H6/c1-10-3-2-4-17-13(19)7-12(15-14(10)17)16-5-6-20-11(8-16)9-18;1-2/h2-4,7,11,18H,5-6,8-9H2,1H3;1-2H3. The summed E-state index contributed by atoms with van der Waals surface area (Å²) in [5.74, 6) is 0.644. The highest BCUT2D eigenvalue weighted by Gasteiger charge is 2.21. The number of hydrogen-bond donors (Lipinski definition) is 1. The van der Waals surface area contributed by atoms with E-state index >= 15 is 0 Å². The Kier molecular flexibility index (Phi) is 5.51. The van der Waals surface area contributed by atoms with Crippen LogP contribution >= 0.6 is 0 Å². The van der Waals surface area contributed by atoms with Gasteiger partial charge >= 0.3 is 0 Å². The van der Waals surface area contributed by atoms with E-state index in [1.165, 1.54) is 6.07 Å². The lowest BCUT2D eigenvalue weighted by atomic mass is 10.2. The van der Waals surface area contributed by atoms with Crippen LogP contribution in [-0.2, 0) is 4.74 Å². The Labute approximate surface area is 130 Å². The monoisotopic (exact) mass is 305 g/mol. The molecule has 0 aliphatic carbocycles. The Morgan fingerprint density at radius 1 is 1.45 bits per heavy atom. The summed E-state index contributed by atoms with van der Waals surface area (Å²) in [6, 6.07) is 5.30. The van der Waals surface area contributed by atoms with E-state index in [9.17, 15) is 9.90 Å². The maximum absolute atomic E-state index is 12.2. The molecule has 1 aliphatic rings. The molecule has 120 valence electrons. The van der Waals surface area contributed by atoms with Crippen molar-refractivity contribution in [1.82, 2.24) is 9.38 Å². The summed E-state index contributed by atoms with van der Waals surface area (Å²) in [6.07, 6.45) is 1.50. The van der Waals surface area contributed by atoms with Gasteiger partial charge in [0.25, 0.3) is 5.56 Å². The van der Waals surface area contributed by atoms with Crippen molar-refractivity contribution in [2.24, 2.45) is 0 Å². The first kappa shape index (κ1) is 16.5. The van der Waals surface area contributed by atoms with E-state index in [0.29, 0.717) is 31.2 Å². The second-order valence-electron chi connectivity index (χ2n) is 4.96. The van der Waals surface area contributed by atoms with Crippen LogP contribution in [0.4, 0.5) is 5.82 Å². The van der Waals surface area contributed by atoms with Gasteiger partial charge in [0.15, 0.2) is 0 Å². The van der Waals surface area contributed by atoms with Crippen LogP contribution in [0.25, 0.3) is 5.65 Å². The van der Waals surface area contributed by atoms with Crippen LogP contribution in [-0.4, -0.2) is 46.9 Å². The molecule has 1 saturated heterocycles. The number of fused-ring (bicyclic) bond motifs is 1. The molecular formula is C16H23N3O3. The lowest BCUT2D eigenvalue weighted by Gasteiger charge is -2.32. The Bertz CT molecular complexity index is 684. The molecule has 2 aromatic heterocycles. The van der Waals surface area contributed by atoms with E-state index in [1.807, 2.05) is 37.8 Å². The lowest BCUT2D eigenvalue weighted by molar-refractivity contribution is 0.00336. The minimum absolute atomic E-state index is 0.0257. The number of aromatic nitrogens is 2. The van der Waals surface area contributed by atoms with Crippen molar-refractivity contribution in [3.8, 4) is 0 Å². The molecule has 0 spiro atoms. The first-order valence-corrected chi connectivity index (χ1v) is 7.65. The second-order valence-corrected chi connectivity index (χ2v) is 4.96. The summed E-state index contributed by atoms with van der Waals surface area (Å²) in [5.41, 5.74) is 1.53. The van der Waals surface area contributed by atoms with E-state index in [1.54, 1.807) is 10.6 Å². The Morgan fingerprint density at radius 2 is 2.23 bits per heavy atom. The summed E-state index contributed by atoms with van der Waals surface area (Å²) in [6.45, 7) is 7.65. The van der Waals surface area contributed by atoms with Crippen LogP contribution in [0.15, 0.2) is 29.2 Å². The maximum atomic E-state index is 12.2. The smallest absolute Gasteiger partial charge is 0.259 e. The predicted molar refractivity (Wildman–Crippen MR) is 86.6 cm³/mol. The number of nitrogens with zero attached hydrogens (tertiary/aromatic N) is 3. The summed E-state index contributed by atoms with van der Waals surface area (Å²) < 4.78 is 6.96. The van der Waals surface area contributed by atoms with Crippen molar-refractivity contribution in [2.75, 3.05) is 31.2 Å². The molecule has 3 rings (SSSR count). The van der Waals surface area contributed by atoms with Crippen LogP contribution in [0.2, 0.25) is 0 Å². The first-order valence-electron chi connectivity index (χ1n) is 7.65. The molecule has 1 aliphatic heterocycles. The number of morpholine rings is 1.